The molecule has 0 unspecified atom stereocenters. The zero-order valence-electron chi connectivity index (χ0n) is 12.0. The fourth-order valence-corrected chi connectivity index (χ4v) is 3.46. The van der Waals surface area contributed by atoms with Crippen LogP contribution in [-0.2, 0) is 9.59 Å². The molecule has 116 valence electrons. The molecular formula is C15H15NO4S2. The van der Waals surface area contributed by atoms with Gasteiger partial charge in [-0.2, -0.15) is 0 Å². The summed E-state index contributed by atoms with van der Waals surface area (Å²) in [4.78, 5) is 25.4. The molecule has 0 aromatic heterocycles. The first kappa shape index (κ1) is 16.5. The number of carboxylic acid groups (broad SMARTS) is 1. The van der Waals surface area contributed by atoms with Gasteiger partial charge in [0.1, 0.15) is 16.1 Å². The van der Waals surface area contributed by atoms with E-state index in [1.807, 2.05) is 0 Å². The second-order valence-corrected chi connectivity index (χ2v) is 6.85. The van der Waals surface area contributed by atoms with Crippen LogP contribution >= 0.6 is 24.0 Å². The van der Waals surface area contributed by atoms with E-state index in [4.69, 9.17) is 12.2 Å². The third kappa shape index (κ3) is 3.31. The summed E-state index contributed by atoms with van der Waals surface area (Å²) in [5.41, 5.74) is 0.731. The predicted molar refractivity (Wildman–Crippen MR) is 89.4 cm³/mol. The van der Waals surface area contributed by atoms with E-state index in [-0.39, 0.29) is 16.0 Å². The number of thioether (sulfide) groups is 1. The van der Waals surface area contributed by atoms with Crippen molar-refractivity contribution in [2.75, 3.05) is 0 Å². The second-order valence-electron chi connectivity index (χ2n) is 5.17. The number of rotatable bonds is 4. The van der Waals surface area contributed by atoms with E-state index in [0.717, 1.165) is 17.3 Å². The van der Waals surface area contributed by atoms with Crippen LogP contribution in [0.3, 0.4) is 0 Å². The highest BCUT2D eigenvalue weighted by molar-refractivity contribution is 8.26. The third-order valence-electron chi connectivity index (χ3n) is 3.18. The lowest BCUT2D eigenvalue weighted by Gasteiger charge is -2.26. The molecule has 2 rings (SSSR count). The molecular weight excluding hydrogens is 322 g/mol. The molecule has 0 spiro atoms. The van der Waals surface area contributed by atoms with E-state index >= 15 is 0 Å². The Morgan fingerprint density at radius 2 is 1.91 bits per heavy atom. The SMILES string of the molecule is CC(C)[C@@H](C(=O)O)N1C(=O)/C(=C\c2ccc(O)cc2)SC1=S. The lowest BCUT2D eigenvalue weighted by Crippen LogP contribution is -2.47. The first-order chi connectivity index (χ1) is 10.3. The number of hydrogen-bond acceptors (Lipinski definition) is 5. The smallest absolute Gasteiger partial charge is 0.327 e. The lowest BCUT2D eigenvalue weighted by atomic mass is 10.0. The van der Waals surface area contributed by atoms with Crippen LogP contribution in [0.15, 0.2) is 29.2 Å². The molecule has 1 amide bonds. The predicted octanol–water partition coefficient (Wildman–Crippen LogP) is 2.70. The lowest BCUT2D eigenvalue weighted by molar-refractivity contribution is -0.146. The molecule has 0 saturated carbocycles. The number of carboxylic acids is 1. The molecule has 22 heavy (non-hydrogen) atoms. The van der Waals surface area contributed by atoms with Crippen LogP contribution < -0.4 is 0 Å². The molecule has 5 nitrogen and oxygen atoms in total. The van der Waals surface area contributed by atoms with Crippen molar-refractivity contribution in [3.05, 3.63) is 34.7 Å². The van der Waals surface area contributed by atoms with Crippen molar-refractivity contribution in [1.82, 2.24) is 4.90 Å². The van der Waals surface area contributed by atoms with Crippen LogP contribution in [0, 0.1) is 5.92 Å². The van der Waals surface area contributed by atoms with Crippen molar-refractivity contribution in [2.24, 2.45) is 5.92 Å². The van der Waals surface area contributed by atoms with E-state index in [9.17, 15) is 19.8 Å². The van der Waals surface area contributed by atoms with Crippen molar-refractivity contribution < 1.29 is 19.8 Å². The van der Waals surface area contributed by atoms with E-state index in [0.29, 0.717) is 4.91 Å². The van der Waals surface area contributed by atoms with Crippen LogP contribution in [0.4, 0.5) is 0 Å². The maximum Gasteiger partial charge on any atom is 0.327 e. The Morgan fingerprint density at radius 3 is 2.41 bits per heavy atom. The Morgan fingerprint density at radius 1 is 1.32 bits per heavy atom. The van der Waals surface area contributed by atoms with Crippen molar-refractivity contribution >= 4 is 46.3 Å². The number of phenolic OH excluding ortho intramolecular Hbond substituents is 1. The Hall–Kier alpha value is -1.86. The summed E-state index contributed by atoms with van der Waals surface area (Å²) in [7, 11) is 0. The molecule has 1 aromatic rings. The van der Waals surface area contributed by atoms with Gasteiger partial charge in [0.2, 0.25) is 0 Å². The van der Waals surface area contributed by atoms with Crippen molar-refractivity contribution in [3.8, 4) is 5.75 Å². The highest BCUT2D eigenvalue weighted by atomic mass is 32.2. The van der Waals surface area contributed by atoms with Gasteiger partial charge in [0.15, 0.2) is 0 Å². The van der Waals surface area contributed by atoms with Crippen molar-refractivity contribution in [3.63, 3.8) is 0 Å². The molecule has 0 bridgehead atoms. The second kappa shape index (κ2) is 6.50. The molecule has 1 heterocycles. The number of hydrogen-bond donors (Lipinski definition) is 2. The van der Waals surface area contributed by atoms with Crippen LogP contribution in [0.1, 0.15) is 19.4 Å². The zero-order valence-corrected chi connectivity index (χ0v) is 13.6. The standard InChI is InChI=1S/C15H15NO4S2/c1-8(2)12(14(19)20)16-13(18)11(22-15(16)21)7-9-3-5-10(17)6-4-9/h3-8,12,17H,1-2H3,(H,19,20)/b11-7+/t12-/m0/s1. The van der Waals surface area contributed by atoms with Gasteiger partial charge in [-0.15, -0.1) is 0 Å². The Balaban J connectivity index is 2.32. The largest absolute Gasteiger partial charge is 0.508 e. The average Bonchev–Trinajstić information content (AvgIpc) is 2.69. The number of carbonyl (C=O) groups excluding carboxylic acids is 1. The summed E-state index contributed by atoms with van der Waals surface area (Å²) in [5.74, 6) is -1.59. The fraction of sp³-hybridized carbons (Fsp3) is 0.267. The summed E-state index contributed by atoms with van der Waals surface area (Å²) in [6.45, 7) is 3.47. The molecule has 0 radical (unpaired) electrons. The molecule has 1 saturated heterocycles. The fourth-order valence-electron chi connectivity index (χ4n) is 2.14. The number of aliphatic carboxylic acids is 1. The van der Waals surface area contributed by atoms with Gasteiger partial charge < -0.3 is 10.2 Å². The van der Waals surface area contributed by atoms with Crippen LogP contribution in [-0.4, -0.2) is 37.4 Å². The maximum absolute atomic E-state index is 12.5. The van der Waals surface area contributed by atoms with E-state index in [1.54, 1.807) is 32.1 Å². The van der Waals surface area contributed by atoms with Gasteiger partial charge >= 0.3 is 5.97 Å². The summed E-state index contributed by atoms with van der Waals surface area (Å²) >= 11 is 6.26. The molecule has 7 heteroatoms. The molecule has 1 aliphatic heterocycles. The highest BCUT2D eigenvalue weighted by Crippen LogP contribution is 2.35. The van der Waals surface area contributed by atoms with Gasteiger partial charge in [-0.3, -0.25) is 9.69 Å². The number of carbonyl (C=O) groups is 2. The summed E-state index contributed by atoms with van der Waals surface area (Å²) in [6.07, 6.45) is 1.64. The van der Waals surface area contributed by atoms with Crippen LogP contribution in [0.5, 0.6) is 5.75 Å². The monoisotopic (exact) mass is 337 g/mol. The first-order valence-electron chi connectivity index (χ1n) is 6.60. The number of phenols is 1. The molecule has 1 aliphatic rings. The van der Waals surface area contributed by atoms with Crippen molar-refractivity contribution in [2.45, 2.75) is 19.9 Å². The van der Waals surface area contributed by atoms with Gasteiger partial charge in [-0.1, -0.05) is 50.0 Å². The van der Waals surface area contributed by atoms with Gasteiger partial charge in [0.25, 0.3) is 5.91 Å². The topological polar surface area (TPSA) is 77.8 Å². The van der Waals surface area contributed by atoms with E-state index in [2.05, 4.69) is 0 Å². The van der Waals surface area contributed by atoms with Crippen LogP contribution in [0.2, 0.25) is 0 Å². The minimum absolute atomic E-state index is 0.135. The van der Waals surface area contributed by atoms with Crippen molar-refractivity contribution in [1.29, 1.82) is 0 Å². The first-order valence-corrected chi connectivity index (χ1v) is 7.82. The third-order valence-corrected chi connectivity index (χ3v) is 4.51. The zero-order chi connectivity index (χ0) is 16.4. The molecule has 1 atom stereocenters. The summed E-state index contributed by atoms with van der Waals surface area (Å²) in [5, 5.41) is 18.6. The van der Waals surface area contributed by atoms with E-state index in [1.165, 1.54) is 17.0 Å². The summed E-state index contributed by atoms with van der Waals surface area (Å²) in [6, 6.07) is 5.39. The number of benzene rings is 1. The molecule has 2 N–H and O–H groups in total. The normalized spacial score (nSPS) is 18.3. The number of aromatic hydroxyl groups is 1. The molecule has 1 aromatic carbocycles. The number of amides is 1. The Labute approximate surface area is 137 Å². The van der Waals surface area contributed by atoms with Gasteiger partial charge in [0.05, 0.1) is 4.91 Å². The quantitative estimate of drug-likeness (QED) is 0.650. The highest BCUT2D eigenvalue weighted by Gasteiger charge is 2.41. The maximum atomic E-state index is 12.5. The molecule has 1 fully saturated rings. The van der Waals surface area contributed by atoms with E-state index < -0.39 is 17.9 Å². The minimum Gasteiger partial charge on any atom is -0.508 e. The Bertz CT molecular complexity index is 652. The number of thiocarbonyl (C=S) groups is 1. The molecule has 0 aliphatic carbocycles. The van der Waals surface area contributed by atoms with Gasteiger partial charge in [-0.25, -0.2) is 4.79 Å². The average molecular weight is 337 g/mol. The number of nitrogens with zero attached hydrogens (tertiary/aromatic N) is 1. The van der Waals surface area contributed by atoms with Gasteiger partial charge in [0, 0.05) is 0 Å². The summed E-state index contributed by atoms with van der Waals surface area (Å²) < 4.78 is 0.246. The Kier molecular flexibility index (Phi) is 4.87. The minimum atomic E-state index is -1.07. The van der Waals surface area contributed by atoms with Crippen LogP contribution in [0.25, 0.3) is 6.08 Å². The van der Waals surface area contributed by atoms with Gasteiger partial charge in [-0.05, 0) is 29.7 Å².